The molecule has 10 aromatic rings. The Morgan fingerprint density at radius 2 is 1.02 bits per heavy atom. The summed E-state index contributed by atoms with van der Waals surface area (Å²) in [5.41, 5.74) is 12.8. The molecule has 11 rings (SSSR count). The lowest BCUT2D eigenvalue weighted by atomic mass is 9.82. The van der Waals surface area contributed by atoms with Crippen LogP contribution in [-0.2, 0) is 5.41 Å². The minimum atomic E-state index is -0.148. The Hall–Kier alpha value is -6.64. The van der Waals surface area contributed by atoms with Gasteiger partial charge in [0.1, 0.15) is 11.2 Å². The Morgan fingerprint density at radius 3 is 1.87 bits per heavy atom. The molecule has 2 nitrogen and oxygen atoms in total. The van der Waals surface area contributed by atoms with E-state index in [-0.39, 0.29) is 5.41 Å². The van der Waals surface area contributed by atoms with Crippen LogP contribution in [0.5, 0.6) is 0 Å². The Balaban J connectivity index is 1.28. The first-order valence-corrected chi connectivity index (χ1v) is 18.4. The van der Waals surface area contributed by atoms with E-state index in [9.17, 15) is 0 Å². The number of para-hydroxylation sites is 1. The monoisotopic (exact) mass is 677 g/mol. The van der Waals surface area contributed by atoms with E-state index in [1.54, 1.807) is 0 Å². The van der Waals surface area contributed by atoms with Crippen molar-refractivity contribution in [1.82, 2.24) is 0 Å². The van der Waals surface area contributed by atoms with E-state index >= 15 is 0 Å². The Morgan fingerprint density at radius 1 is 0.415 bits per heavy atom. The number of anilines is 3. The molecule has 1 heterocycles. The molecule has 250 valence electrons. The van der Waals surface area contributed by atoms with Crippen LogP contribution in [0.4, 0.5) is 17.1 Å². The quantitative estimate of drug-likeness (QED) is 0.172. The second kappa shape index (κ2) is 11.2. The zero-order valence-electron chi connectivity index (χ0n) is 29.6. The summed E-state index contributed by atoms with van der Waals surface area (Å²) in [4.78, 5) is 2.51. The van der Waals surface area contributed by atoms with Crippen molar-refractivity contribution >= 4 is 71.3 Å². The van der Waals surface area contributed by atoms with Crippen molar-refractivity contribution in [2.24, 2.45) is 0 Å². The van der Waals surface area contributed by atoms with Crippen LogP contribution in [0, 0.1) is 0 Å². The van der Waals surface area contributed by atoms with Crippen LogP contribution in [0.3, 0.4) is 0 Å². The van der Waals surface area contributed by atoms with Gasteiger partial charge in [-0.3, -0.25) is 0 Å². The zero-order chi connectivity index (χ0) is 35.3. The van der Waals surface area contributed by atoms with Gasteiger partial charge in [-0.25, -0.2) is 0 Å². The van der Waals surface area contributed by atoms with Gasteiger partial charge in [0.2, 0.25) is 0 Å². The molecule has 1 aliphatic carbocycles. The number of nitrogens with zero attached hydrogens (tertiary/aromatic N) is 1. The molecule has 0 amide bonds. The molecule has 0 fully saturated rings. The van der Waals surface area contributed by atoms with E-state index in [1.165, 1.54) is 65.7 Å². The van der Waals surface area contributed by atoms with Crippen LogP contribution in [-0.4, -0.2) is 0 Å². The second-order valence-corrected chi connectivity index (χ2v) is 14.9. The van der Waals surface area contributed by atoms with Crippen molar-refractivity contribution in [2.75, 3.05) is 4.90 Å². The van der Waals surface area contributed by atoms with Crippen molar-refractivity contribution in [2.45, 2.75) is 19.3 Å². The summed E-state index contributed by atoms with van der Waals surface area (Å²) in [5, 5.41) is 9.59. The average Bonchev–Trinajstić information content (AvgIpc) is 3.69. The highest BCUT2D eigenvalue weighted by Gasteiger charge is 2.36. The molecule has 9 aromatic carbocycles. The van der Waals surface area contributed by atoms with Crippen LogP contribution in [0.1, 0.15) is 25.0 Å². The average molecular weight is 678 g/mol. The number of hydrogen-bond donors (Lipinski definition) is 0. The molecule has 1 aromatic heterocycles. The predicted octanol–water partition coefficient (Wildman–Crippen LogP) is 14.5. The highest BCUT2D eigenvalue weighted by Crippen LogP contribution is 2.54. The molecule has 0 aliphatic heterocycles. The van der Waals surface area contributed by atoms with E-state index in [0.717, 1.165) is 39.0 Å². The predicted molar refractivity (Wildman–Crippen MR) is 224 cm³/mol. The number of benzene rings is 9. The number of furan rings is 1. The molecule has 1 aliphatic rings. The van der Waals surface area contributed by atoms with Gasteiger partial charge in [-0.05, 0) is 97.2 Å². The zero-order valence-corrected chi connectivity index (χ0v) is 29.6. The van der Waals surface area contributed by atoms with E-state index in [4.69, 9.17) is 4.42 Å². The summed E-state index contributed by atoms with van der Waals surface area (Å²) in [6, 6.07) is 64.5. The molecule has 53 heavy (non-hydrogen) atoms. The van der Waals surface area contributed by atoms with Crippen LogP contribution in [0.2, 0.25) is 0 Å². The van der Waals surface area contributed by atoms with E-state index < -0.39 is 0 Å². The number of fused-ring (bicyclic) bond motifs is 10. The first-order valence-electron chi connectivity index (χ1n) is 18.4. The molecule has 0 spiro atoms. The molecular formula is C51H35NO. The van der Waals surface area contributed by atoms with Gasteiger partial charge >= 0.3 is 0 Å². The van der Waals surface area contributed by atoms with Gasteiger partial charge in [0.15, 0.2) is 0 Å². The van der Waals surface area contributed by atoms with Gasteiger partial charge in [-0.1, -0.05) is 147 Å². The fraction of sp³-hybridized carbons (Fsp3) is 0.0588. The van der Waals surface area contributed by atoms with Crippen molar-refractivity contribution in [3.8, 4) is 22.3 Å². The lowest BCUT2D eigenvalue weighted by Crippen LogP contribution is -2.17. The van der Waals surface area contributed by atoms with Gasteiger partial charge in [0.25, 0.3) is 0 Å². The SMILES string of the molecule is CC1(C)c2ccccc2-c2ccc(N(c3ccc4oc5ccccc5c4c3)c3c(-c4ccc5ccccc5c4)c4ccccc4c4ccccc34)cc21. The molecule has 2 heteroatoms. The highest BCUT2D eigenvalue weighted by atomic mass is 16.3. The van der Waals surface area contributed by atoms with Gasteiger partial charge in [0.05, 0.1) is 5.69 Å². The van der Waals surface area contributed by atoms with Crippen molar-refractivity contribution in [3.63, 3.8) is 0 Å². The van der Waals surface area contributed by atoms with Crippen LogP contribution in [0.15, 0.2) is 180 Å². The fourth-order valence-corrected chi connectivity index (χ4v) is 9.08. The lowest BCUT2D eigenvalue weighted by molar-refractivity contribution is 0.660. The molecular weight excluding hydrogens is 643 g/mol. The van der Waals surface area contributed by atoms with Crippen LogP contribution in [0.25, 0.3) is 76.5 Å². The maximum Gasteiger partial charge on any atom is 0.135 e. The van der Waals surface area contributed by atoms with Crippen LogP contribution < -0.4 is 4.90 Å². The minimum absolute atomic E-state index is 0.148. The van der Waals surface area contributed by atoms with Gasteiger partial charge in [0, 0.05) is 38.5 Å². The largest absolute Gasteiger partial charge is 0.456 e. The highest BCUT2D eigenvalue weighted by molar-refractivity contribution is 6.23. The van der Waals surface area contributed by atoms with E-state index in [1.807, 2.05) is 6.07 Å². The summed E-state index contributed by atoms with van der Waals surface area (Å²) in [5.74, 6) is 0. The summed E-state index contributed by atoms with van der Waals surface area (Å²) in [6.07, 6.45) is 0. The Kier molecular flexibility index (Phi) is 6.33. The molecule has 0 N–H and O–H groups in total. The Bertz CT molecular complexity index is 3110. The van der Waals surface area contributed by atoms with E-state index in [0.29, 0.717) is 0 Å². The maximum absolute atomic E-state index is 6.37. The van der Waals surface area contributed by atoms with Crippen molar-refractivity contribution < 1.29 is 4.42 Å². The molecule has 0 saturated heterocycles. The third-order valence-electron chi connectivity index (χ3n) is 11.6. The maximum atomic E-state index is 6.37. The minimum Gasteiger partial charge on any atom is -0.456 e. The van der Waals surface area contributed by atoms with Crippen molar-refractivity contribution in [1.29, 1.82) is 0 Å². The van der Waals surface area contributed by atoms with E-state index in [2.05, 4.69) is 189 Å². The summed E-state index contributed by atoms with van der Waals surface area (Å²) in [7, 11) is 0. The summed E-state index contributed by atoms with van der Waals surface area (Å²) in [6.45, 7) is 4.72. The number of rotatable bonds is 4. The second-order valence-electron chi connectivity index (χ2n) is 14.9. The lowest BCUT2D eigenvalue weighted by Gasteiger charge is -2.32. The topological polar surface area (TPSA) is 16.4 Å². The van der Waals surface area contributed by atoms with Gasteiger partial charge in [-0.2, -0.15) is 0 Å². The molecule has 0 radical (unpaired) electrons. The van der Waals surface area contributed by atoms with Crippen LogP contribution >= 0.6 is 0 Å². The van der Waals surface area contributed by atoms with Gasteiger partial charge in [-0.15, -0.1) is 0 Å². The number of hydrogen-bond acceptors (Lipinski definition) is 2. The smallest absolute Gasteiger partial charge is 0.135 e. The fourth-order valence-electron chi connectivity index (χ4n) is 9.08. The molecule has 0 unspecified atom stereocenters. The summed E-state index contributed by atoms with van der Waals surface area (Å²) >= 11 is 0. The first-order chi connectivity index (χ1) is 26.0. The Labute approximate surface area is 308 Å². The normalized spacial score (nSPS) is 13.2. The molecule has 0 atom stereocenters. The third kappa shape index (κ3) is 4.39. The van der Waals surface area contributed by atoms with Gasteiger partial charge < -0.3 is 9.32 Å². The summed E-state index contributed by atoms with van der Waals surface area (Å²) < 4.78 is 6.37. The molecule has 0 saturated carbocycles. The van der Waals surface area contributed by atoms with Crippen molar-refractivity contribution in [3.05, 3.63) is 187 Å². The first kappa shape index (κ1) is 30.0. The molecule has 0 bridgehead atoms. The third-order valence-corrected chi connectivity index (χ3v) is 11.6. The standard InChI is InChI=1S/C51H35NO/c1-51(2)45-21-11-9-17-39(45)40-27-25-36(31-46(40)51)52(35-26-28-48-44(30-35)41-18-10-12-22-47(41)53-48)50-43-20-8-6-16-38(43)37-15-5-7-19-42(37)49(50)34-24-23-32-13-3-4-14-33(32)29-34/h3-31H,1-2H3.